The number of nitrogens with one attached hydrogen (secondary N) is 1. The van der Waals surface area contributed by atoms with Crippen LogP contribution in [0.5, 0.6) is 0 Å². The first-order chi connectivity index (χ1) is 21.1. The summed E-state index contributed by atoms with van der Waals surface area (Å²) in [6, 6.07) is 13.5. The van der Waals surface area contributed by atoms with Gasteiger partial charge in [0.15, 0.2) is 6.29 Å². The van der Waals surface area contributed by atoms with Crippen LogP contribution in [0.2, 0.25) is 0 Å². The Morgan fingerprint density at radius 2 is 1.52 bits per heavy atom. The molecule has 5 atom stereocenters. The third-order valence-corrected chi connectivity index (χ3v) is 9.02. The van der Waals surface area contributed by atoms with Crippen molar-refractivity contribution in [2.45, 2.75) is 89.2 Å². The van der Waals surface area contributed by atoms with Crippen molar-refractivity contribution in [3.8, 4) is 0 Å². The first-order valence-corrected chi connectivity index (χ1v) is 15.7. The van der Waals surface area contributed by atoms with E-state index in [2.05, 4.69) is 17.1 Å². The van der Waals surface area contributed by atoms with Gasteiger partial charge in [-0.2, -0.15) is 13.2 Å². The van der Waals surface area contributed by atoms with E-state index < -0.39 is 30.3 Å². The third-order valence-electron chi connectivity index (χ3n) is 9.02. The van der Waals surface area contributed by atoms with Crippen molar-refractivity contribution >= 4 is 17.5 Å². The summed E-state index contributed by atoms with van der Waals surface area (Å²) in [4.78, 5) is 27.8. The van der Waals surface area contributed by atoms with Crippen LogP contribution in [-0.4, -0.2) is 71.2 Å². The highest BCUT2D eigenvalue weighted by molar-refractivity contribution is 5.98. The normalized spacial score (nSPS) is 27.0. The second kappa shape index (κ2) is 14.4. The molecule has 0 radical (unpaired) electrons. The first-order valence-electron chi connectivity index (χ1n) is 15.7. The van der Waals surface area contributed by atoms with Crippen molar-refractivity contribution in [3.63, 3.8) is 0 Å². The van der Waals surface area contributed by atoms with Gasteiger partial charge in [0.05, 0.1) is 18.8 Å². The standard InChI is InChI=1S/C33H42F3N3O5/c1-22-28(20-38-17-5-3-2-4-6-18-38)43-31(44-29(22)24-11-9-23(21-40)10-12-24)25-13-15-26(16-14-25)37-30(41)27-8-7-19-39(27)32(42)33(34,35)36/h9-16,22,27-29,31,40H,2-8,17-21H2,1H3,(H,37,41)/t22-,27-,28+,29+,31+/m0/s1. The van der Waals surface area contributed by atoms with Crippen molar-refractivity contribution in [2.24, 2.45) is 5.92 Å². The molecule has 240 valence electrons. The number of ether oxygens (including phenoxy) is 2. The fraction of sp³-hybridized carbons (Fsp3) is 0.576. The number of carbonyl (C=O) groups is 2. The first kappa shape index (κ1) is 32.4. The van der Waals surface area contributed by atoms with Crippen molar-refractivity contribution in [3.05, 3.63) is 65.2 Å². The quantitative estimate of drug-likeness (QED) is 0.413. The number of anilines is 1. The van der Waals surface area contributed by atoms with E-state index in [-0.39, 0.29) is 37.7 Å². The minimum absolute atomic E-state index is 0.0367. The van der Waals surface area contributed by atoms with Crippen LogP contribution >= 0.6 is 0 Å². The molecule has 2 aromatic carbocycles. The molecule has 0 spiro atoms. The maximum absolute atomic E-state index is 13.0. The van der Waals surface area contributed by atoms with Crippen LogP contribution in [-0.2, 0) is 25.7 Å². The van der Waals surface area contributed by atoms with Gasteiger partial charge in [-0.15, -0.1) is 0 Å². The van der Waals surface area contributed by atoms with Gasteiger partial charge in [0.25, 0.3) is 0 Å². The Morgan fingerprint density at radius 1 is 0.886 bits per heavy atom. The molecule has 44 heavy (non-hydrogen) atoms. The third kappa shape index (κ3) is 7.80. The number of alkyl halides is 3. The largest absolute Gasteiger partial charge is 0.471 e. The summed E-state index contributed by atoms with van der Waals surface area (Å²) in [5.41, 5.74) is 2.98. The molecule has 8 nitrogen and oxygen atoms in total. The average Bonchev–Trinajstić information content (AvgIpc) is 3.49. The molecule has 11 heteroatoms. The fourth-order valence-electron chi connectivity index (χ4n) is 6.47. The molecule has 3 saturated heterocycles. The summed E-state index contributed by atoms with van der Waals surface area (Å²) in [6.45, 7) is 4.86. The summed E-state index contributed by atoms with van der Waals surface area (Å²) < 4.78 is 52.2. The monoisotopic (exact) mass is 617 g/mol. The number of hydrogen-bond donors (Lipinski definition) is 2. The molecule has 3 aliphatic heterocycles. The van der Waals surface area contributed by atoms with Crippen LogP contribution in [0.1, 0.15) is 81.0 Å². The number of halogens is 3. The summed E-state index contributed by atoms with van der Waals surface area (Å²) >= 11 is 0. The Hall–Kier alpha value is -2.99. The summed E-state index contributed by atoms with van der Waals surface area (Å²) in [7, 11) is 0. The minimum Gasteiger partial charge on any atom is -0.392 e. The molecule has 0 bridgehead atoms. The number of likely N-dealkylation sites (tertiary alicyclic amines) is 2. The molecule has 0 unspecified atom stereocenters. The van der Waals surface area contributed by atoms with Crippen LogP contribution in [0.25, 0.3) is 0 Å². The zero-order valence-corrected chi connectivity index (χ0v) is 25.1. The molecule has 2 amide bonds. The zero-order valence-electron chi connectivity index (χ0n) is 25.1. The lowest BCUT2D eigenvalue weighted by Gasteiger charge is -2.43. The van der Waals surface area contributed by atoms with Gasteiger partial charge in [0.2, 0.25) is 5.91 Å². The van der Waals surface area contributed by atoms with Gasteiger partial charge in [0, 0.05) is 30.3 Å². The molecule has 0 aliphatic carbocycles. The maximum atomic E-state index is 13.0. The smallest absolute Gasteiger partial charge is 0.392 e. The SMILES string of the molecule is C[C@H]1[C@@H](CN2CCCCCCC2)O[C@@H](c2ccc(NC(=O)[C@@H]3CCCN3C(=O)C(F)(F)F)cc2)O[C@H]1c1ccc(CO)cc1. The lowest BCUT2D eigenvalue weighted by molar-refractivity contribution is -0.276. The number of aliphatic hydroxyl groups excluding tert-OH is 1. The van der Waals surface area contributed by atoms with Crippen molar-refractivity contribution in [2.75, 3.05) is 31.5 Å². The number of aliphatic hydroxyl groups is 1. The van der Waals surface area contributed by atoms with Gasteiger partial charge in [-0.25, -0.2) is 0 Å². The van der Waals surface area contributed by atoms with Gasteiger partial charge < -0.3 is 29.7 Å². The van der Waals surface area contributed by atoms with E-state index >= 15 is 0 Å². The Labute approximate surface area is 256 Å². The number of hydrogen-bond acceptors (Lipinski definition) is 6. The van der Waals surface area contributed by atoms with Gasteiger partial charge in [-0.05, 0) is 62.0 Å². The van der Waals surface area contributed by atoms with E-state index in [4.69, 9.17) is 9.47 Å². The number of carbonyl (C=O) groups excluding carboxylic acids is 2. The molecular weight excluding hydrogens is 575 g/mol. The minimum atomic E-state index is -5.02. The van der Waals surface area contributed by atoms with Gasteiger partial charge in [-0.3, -0.25) is 9.59 Å². The highest BCUT2D eigenvalue weighted by atomic mass is 19.4. The predicted molar refractivity (Wildman–Crippen MR) is 158 cm³/mol. The van der Waals surface area contributed by atoms with Crippen LogP contribution in [0, 0.1) is 5.92 Å². The molecule has 3 aliphatic rings. The Balaban J connectivity index is 1.30. The average molecular weight is 618 g/mol. The second-order valence-electron chi connectivity index (χ2n) is 12.2. The number of nitrogens with zero attached hydrogens (tertiary/aromatic N) is 2. The van der Waals surface area contributed by atoms with Crippen LogP contribution in [0.3, 0.4) is 0 Å². The van der Waals surface area contributed by atoms with Crippen molar-refractivity contribution < 1.29 is 37.3 Å². The fourth-order valence-corrected chi connectivity index (χ4v) is 6.47. The van der Waals surface area contributed by atoms with Gasteiger partial charge in [0.1, 0.15) is 6.04 Å². The molecular formula is C33H42F3N3O5. The van der Waals surface area contributed by atoms with E-state index in [1.165, 1.54) is 32.1 Å². The van der Waals surface area contributed by atoms with Gasteiger partial charge in [-0.1, -0.05) is 62.6 Å². The van der Waals surface area contributed by atoms with Crippen LogP contribution in [0.4, 0.5) is 18.9 Å². The Morgan fingerprint density at radius 3 is 2.16 bits per heavy atom. The Bertz CT molecular complexity index is 1250. The molecule has 3 heterocycles. The second-order valence-corrected chi connectivity index (χ2v) is 12.2. The highest BCUT2D eigenvalue weighted by Gasteiger charge is 2.47. The Kier molecular flexibility index (Phi) is 10.6. The van der Waals surface area contributed by atoms with E-state index in [0.29, 0.717) is 17.0 Å². The topological polar surface area (TPSA) is 91.3 Å². The van der Waals surface area contributed by atoms with Crippen LogP contribution in [0.15, 0.2) is 48.5 Å². The van der Waals surface area contributed by atoms with Crippen molar-refractivity contribution in [1.82, 2.24) is 9.80 Å². The molecule has 0 saturated carbocycles. The van der Waals surface area contributed by atoms with E-state index in [9.17, 15) is 27.9 Å². The van der Waals surface area contributed by atoms with Gasteiger partial charge >= 0.3 is 12.1 Å². The van der Waals surface area contributed by atoms with E-state index in [0.717, 1.165) is 36.3 Å². The van der Waals surface area contributed by atoms with Crippen molar-refractivity contribution in [1.29, 1.82) is 0 Å². The molecule has 2 aromatic rings. The molecule has 3 fully saturated rings. The zero-order chi connectivity index (χ0) is 31.3. The summed E-state index contributed by atoms with van der Waals surface area (Å²) in [5.74, 6) is -2.58. The number of amides is 2. The lowest BCUT2D eigenvalue weighted by atomic mass is 9.89. The van der Waals surface area contributed by atoms with E-state index in [1.807, 2.05) is 24.3 Å². The number of rotatable bonds is 7. The lowest BCUT2D eigenvalue weighted by Crippen LogP contribution is -2.48. The highest BCUT2D eigenvalue weighted by Crippen LogP contribution is 2.42. The maximum Gasteiger partial charge on any atom is 0.471 e. The molecule has 0 aromatic heterocycles. The summed E-state index contributed by atoms with van der Waals surface area (Å²) in [5, 5.41) is 12.2. The number of benzene rings is 2. The van der Waals surface area contributed by atoms with Crippen LogP contribution < -0.4 is 5.32 Å². The molecule has 5 rings (SSSR count). The summed E-state index contributed by atoms with van der Waals surface area (Å²) in [6.07, 6.45) is 0.558. The molecule has 2 N–H and O–H groups in total. The van der Waals surface area contributed by atoms with E-state index in [1.54, 1.807) is 24.3 Å². The predicted octanol–water partition coefficient (Wildman–Crippen LogP) is 5.73.